The van der Waals surface area contributed by atoms with Crippen molar-refractivity contribution in [2.45, 2.75) is 19.8 Å². The van der Waals surface area contributed by atoms with Gasteiger partial charge in [0.1, 0.15) is 11.5 Å². The van der Waals surface area contributed by atoms with Crippen LogP contribution in [0.2, 0.25) is 0 Å². The molecule has 0 aliphatic heterocycles. The standard InChI is InChI=1S/C25H26N2O4/c1-2-3-16-30-21-13-9-12-20(17-21)25(29)27-26-24(28)18-31-23-15-8-7-14-22(23)19-10-5-4-6-11-19/h4-15,17H,2-3,16,18H2,1H3,(H,26,28)(H,27,29). The molecule has 0 aliphatic carbocycles. The van der Waals surface area contributed by atoms with Gasteiger partial charge in [0.05, 0.1) is 6.61 Å². The molecule has 0 atom stereocenters. The summed E-state index contributed by atoms with van der Waals surface area (Å²) in [5, 5.41) is 0. The first kappa shape index (κ1) is 21.9. The molecule has 2 amide bonds. The number of para-hydroxylation sites is 1. The molecular formula is C25H26N2O4. The van der Waals surface area contributed by atoms with Gasteiger partial charge in [0.2, 0.25) is 0 Å². The monoisotopic (exact) mass is 418 g/mol. The molecule has 0 fully saturated rings. The number of amides is 2. The molecule has 3 aromatic carbocycles. The van der Waals surface area contributed by atoms with Gasteiger partial charge in [-0.2, -0.15) is 0 Å². The van der Waals surface area contributed by atoms with E-state index in [4.69, 9.17) is 9.47 Å². The van der Waals surface area contributed by atoms with Crippen LogP contribution < -0.4 is 20.3 Å². The van der Waals surface area contributed by atoms with Crippen molar-refractivity contribution < 1.29 is 19.1 Å². The number of rotatable bonds is 9. The fraction of sp³-hybridized carbons (Fsp3) is 0.200. The number of unbranched alkanes of at least 4 members (excludes halogenated alkanes) is 1. The Balaban J connectivity index is 1.51. The minimum atomic E-state index is -0.466. The fourth-order valence-electron chi connectivity index (χ4n) is 2.89. The Morgan fingerprint density at radius 2 is 1.61 bits per heavy atom. The summed E-state index contributed by atoms with van der Waals surface area (Å²) in [5.74, 6) is 0.311. The van der Waals surface area contributed by atoms with E-state index in [0.29, 0.717) is 23.7 Å². The summed E-state index contributed by atoms with van der Waals surface area (Å²) in [6, 6.07) is 24.1. The van der Waals surface area contributed by atoms with Crippen LogP contribution in [0.1, 0.15) is 30.1 Å². The molecule has 0 aromatic heterocycles. The fourth-order valence-corrected chi connectivity index (χ4v) is 2.89. The first-order valence-electron chi connectivity index (χ1n) is 10.3. The van der Waals surface area contributed by atoms with Crippen molar-refractivity contribution >= 4 is 11.8 Å². The highest BCUT2D eigenvalue weighted by atomic mass is 16.5. The molecule has 0 bridgehead atoms. The molecule has 0 radical (unpaired) electrons. The Labute approximate surface area is 182 Å². The lowest BCUT2D eigenvalue weighted by Crippen LogP contribution is -2.43. The van der Waals surface area contributed by atoms with E-state index in [1.54, 1.807) is 30.3 Å². The molecule has 0 heterocycles. The van der Waals surface area contributed by atoms with Crippen LogP contribution in [0.3, 0.4) is 0 Å². The first-order chi connectivity index (χ1) is 15.2. The van der Waals surface area contributed by atoms with Gasteiger partial charge in [-0.1, -0.05) is 67.9 Å². The van der Waals surface area contributed by atoms with Crippen LogP contribution in [0.15, 0.2) is 78.9 Å². The molecule has 6 heteroatoms. The maximum atomic E-state index is 12.3. The van der Waals surface area contributed by atoms with Crippen molar-refractivity contribution in [2.24, 2.45) is 0 Å². The van der Waals surface area contributed by atoms with Gasteiger partial charge in [0, 0.05) is 11.1 Å². The van der Waals surface area contributed by atoms with Crippen molar-refractivity contribution in [3.8, 4) is 22.6 Å². The molecule has 0 aliphatic rings. The van der Waals surface area contributed by atoms with Crippen LogP contribution in [0.4, 0.5) is 0 Å². The second kappa shape index (κ2) is 11.4. The quantitative estimate of drug-likeness (QED) is 0.400. The van der Waals surface area contributed by atoms with Crippen LogP contribution in [0, 0.1) is 0 Å². The molecule has 3 aromatic rings. The van der Waals surface area contributed by atoms with Crippen LogP contribution in [0.5, 0.6) is 11.5 Å². The van der Waals surface area contributed by atoms with E-state index in [2.05, 4.69) is 17.8 Å². The Kier molecular flexibility index (Phi) is 8.05. The van der Waals surface area contributed by atoms with Gasteiger partial charge in [0.25, 0.3) is 11.8 Å². The van der Waals surface area contributed by atoms with Gasteiger partial charge < -0.3 is 9.47 Å². The number of carbonyl (C=O) groups is 2. The lowest BCUT2D eigenvalue weighted by atomic mass is 10.1. The second-order valence-corrected chi connectivity index (χ2v) is 6.88. The Morgan fingerprint density at radius 1 is 0.839 bits per heavy atom. The van der Waals surface area contributed by atoms with Gasteiger partial charge in [-0.25, -0.2) is 0 Å². The predicted octanol–water partition coefficient (Wildman–Crippen LogP) is 4.37. The summed E-state index contributed by atoms with van der Waals surface area (Å²) in [6.45, 7) is 2.45. The number of benzene rings is 3. The Bertz CT molecular complexity index is 1010. The van der Waals surface area contributed by atoms with Gasteiger partial charge in [0.15, 0.2) is 6.61 Å². The molecule has 0 saturated heterocycles. The highest BCUT2D eigenvalue weighted by Crippen LogP contribution is 2.29. The van der Waals surface area contributed by atoms with Gasteiger partial charge in [-0.15, -0.1) is 0 Å². The van der Waals surface area contributed by atoms with Crippen LogP contribution in [-0.2, 0) is 4.79 Å². The van der Waals surface area contributed by atoms with Crippen molar-refractivity contribution in [1.29, 1.82) is 0 Å². The summed E-state index contributed by atoms with van der Waals surface area (Å²) in [7, 11) is 0. The second-order valence-electron chi connectivity index (χ2n) is 6.88. The lowest BCUT2D eigenvalue weighted by molar-refractivity contribution is -0.123. The van der Waals surface area contributed by atoms with E-state index in [9.17, 15) is 9.59 Å². The average molecular weight is 418 g/mol. The molecule has 3 rings (SSSR count). The first-order valence-corrected chi connectivity index (χ1v) is 10.3. The number of carbonyl (C=O) groups excluding carboxylic acids is 2. The van der Waals surface area contributed by atoms with Crippen LogP contribution >= 0.6 is 0 Å². The third-order valence-electron chi connectivity index (χ3n) is 4.51. The Morgan fingerprint density at radius 3 is 2.42 bits per heavy atom. The smallest absolute Gasteiger partial charge is 0.276 e. The topological polar surface area (TPSA) is 76.7 Å². The maximum absolute atomic E-state index is 12.3. The molecule has 0 saturated carbocycles. The number of hydrazine groups is 1. The average Bonchev–Trinajstić information content (AvgIpc) is 2.82. The predicted molar refractivity (Wildman–Crippen MR) is 120 cm³/mol. The van der Waals surface area contributed by atoms with Crippen molar-refractivity contribution in [1.82, 2.24) is 10.9 Å². The maximum Gasteiger partial charge on any atom is 0.276 e. The number of ether oxygens (including phenoxy) is 2. The normalized spacial score (nSPS) is 10.2. The van der Waals surface area contributed by atoms with E-state index in [0.717, 1.165) is 24.0 Å². The highest BCUT2D eigenvalue weighted by Gasteiger charge is 2.11. The molecule has 0 spiro atoms. The van der Waals surface area contributed by atoms with Crippen molar-refractivity contribution in [3.05, 3.63) is 84.4 Å². The highest BCUT2D eigenvalue weighted by molar-refractivity contribution is 5.95. The summed E-state index contributed by atoms with van der Waals surface area (Å²) in [4.78, 5) is 24.5. The van der Waals surface area contributed by atoms with Crippen LogP contribution in [-0.4, -0.2) is 25.0 Å². The van der Waals surface area contributed by atoms with Crippen LogP contribution in [0.25, 0.3) is 11.1 Å². The molecule has 2 N–H and O–H groups in total. The number of hydrogen-bond acceptors (Lipinski definition) is 4. The van der Waals surface area contributed by atoms with E-state index >= 15 is 0 Å². The largest absolute Gasteiger partial charge is 0.494 e. The molecule has 31 heavy (non-hydrogen) atoms. The van der Waals surface area contributed by atoms with E-state index < -0.39 is 11.8 Å². The van der Waals surface area contributed by atoms with E-state index in [1.165, 1.54) is 0 Å². The van der Waals surface area contributed by atoms with E-state index in [-0.39, 0.29) is 6.61 Å². The van der Waals surface area contributed by atoms with Gasteiger partial charge in [-0.05, 0) is 36.2 Å². The SMILES string of the molecule is CCCCOc1cccc(C(=O)NNC(=O)COc2ccccc2-c2ccccc2)c1. The zero-order valence-corrected chi connectivity index (χ0v) is 17.5. The van der Waals surface area contributed by atoms with Crippen molar-refractivity contribution in [2.75, 3.05) is 13.2 Å². The molecular weight excluding hydrogens is 392 g/mol. The minimum Gasteiger partial charge on any atom is -0.494 e. The van der Waals surface area contributed by atoms with Crippen molar-refractivity contribution in [3.63, 3.8) is 0 Å². The number of hydrogen-bond donors (Lipinski definition) is 2. The van der Waals surface area contributed by atoms with E-state index in [1.807, 2.05) is 48.5 Å². The summed E-state index contributed by atoms with van der Waals surface area (Å²) < 4.78 is 11.3. The molecule has 0 unspecified atom stereocenters. The minimum absolute atomic E-state index is 0.232. The summed E-state index contributed by atoms with van der Waals surface area (Å²) in [6.07, 6.45) is 1.98. The lowest BCUT2D eigenvalue weighted by Gasteiger charge is -2.12. The Hall–Kier alpha value is -3.80. The third kappa shape index (κ3) is 6.60. The molecule has 6 nitrogen and oxygen atoms in total. The summed E-state index contributed by atoms with van der Waals surface area (Å²) >= 11 is 0. The number of nitrogens with one attached hydrogen (secondary N) is 2. The van der Waals surface area contributed by atoms with Gasteiger partial charge in [-0.3, -0.25) is 20.4 Å². The zero-order chi connectivity index (χ0) is 21.9. The molecule has 160 valence electrons. The van der Waals surface area contributed by atoms with Gasteiger partial charge >= 0.3 is 0 Å². The third-order valence-corrected chi connectivity index (χ3v) is 4.51. The summed E-state index contributed by atoms with van der Waals surface area (Å²) in [5.41, 5.74) is 7.05. The zero-order valence-electron chi connectivity index (χ0n) is 17.5.